The molecule has 0 bridgehead atoms. The maximum Gasteiger partial charge on any atom is 0.308 e. The van der Waals surface area contributed by atoms with E-state index in [1.807, 2.05) is 30.3 Å². The monoisotopic (exact) mass is 453 g/mol. The second kappa shape index (κ2) is 8.37. The fourth-order valence-corrected chi connectivity index (χ4v) is 5.29. The number of fused-ring (bicyclic) bond motifs is 1. The van der Waals surface area contributed by atoms with Crippen molar-refractivity contribution >= 4 is 48.9 Å². The molecule has 0 saturated heterocycles. The first kappa shape index (κ1) is 20.8. The summed E-state index contributed by atoms with van der Waals surface area (Å²) in [5.41, 5.74) is 2.48. The maximum atomic E-state index is 12.9. The summed E-state index contributed by atoms with van der Waals surface area (Å²) in [4.78, 5) is 23.6. The standard InChI is InChI=1S/C22H19N3O4S2/c1-15(26)23-17-8-5-9-18(12-17)24-31(28,29)19-10-11-20-21(13-19)30-22(27)25(20)14-16-6-3-2-4-7-16/h2-13,24H,14H2,1H3,(H,23,26). The third-order valence-corrected chi connectivity index (χ3v) is 6.89. The Hall–Kier alpha value is -3.43. The van der Waals surface area contributed by atoms with E-state index in [1.165, 1.54) is 25.1 Å². The first-order valence-electron chi connectivity index (χ1n) is 9.40. The van der Waals surface area contributed by atoms with Gasteiger partial charge in [0.15, 0.2) is 0 Å². The lowest BCUT2D eigenvalue weighted by atomic mass is 10.2. The van der Waals surface area contributed by atoms with Gasteiger partial charge in [0.05, 0.1) is 27.3 Å². The molecule has 0 fully saturated rings. The van der Waals surface area contributed by atoms with E-state index in [4.69, 9.17) is 0 Å². The second-order valence-corrected chi connectivity index (χ2v) is 9.61. The Morgan fingerprint density at radius 3 is 2.45 bits per heavy atom. The van der Waals surface area contributed by atoms with E-state index in [-0.39, 0.29) is 15.7 Å². The van der Waals surface area contributed by atoms with Gasteiger partial charge >= 0.3 is 4.87 Å². The maximum absolute atomic E-state index is 12.9. The van der Waals surface area contributed by atoms with Crippen molar-refractivity contribution in [1.29, 1.82) is 0 Å². The second-order valence-electron chi connectivity index (χ2n) is 6.94. The van der Waals surface area contributed by atoms with Gasteiger partial charge in [0.25, 0.3) is 10.0 Å². The number of hydrogen-bond donors (Lipinski definition) is 2. The fourth-order valence-electron chi connectivity index (χ4n) is 3.21. The molecular weight excluding hydrogens is 434 g/mol. The van der Waals surface area contributed by atoms with Gasteiger partial charge in [-0.3, -0.25) is 18.9 Å². The third-order valence-electron chi connectivity index (χ3n) is 4.57. The van der Waals surface area contributed by atoms with Crippen molar-refractivity contribution in [3.8, 4) is 0 Å². The smallest absolute Gasteiger partial charge is 0.308 e. The summed E-state index contributed by atoms with van der Waals surface area (Å²) in [7, 11) is -3.88. The van der Waals surface area contributed by atoms with Crippen molar-refractivity contribution in [2.45, 2.75) is 18.4 Å². The molecule has 7 nitrogen and oxygen atoms in total. The molecule has 4 aromatic rings. The van der Waals surface area contributed by atoms with Crippen LogP contribution in [-0.2, 0) is 21.4 Å². The van der Waals surface area contributed by atoms with Gasteiger partial charge in [-0.15, -0.1) is 0 Å². The Kier molecular flexibility index (Phi) is 5.62. The Morgan fingerprint density at radius 1 is 0.968 bits per heavy atom. The van der Waals surface area contributed by atoms with Gasteiger partial charge in [0.1, 0.15) is 0 Å². The summed E-state index contributed by atoms with van der Waals surface area (Å²) < 4.78 is 30.5. The third kappa shape index (κ3) is 4.68. The topological polar surface area (TPSA) is 97.3 Å². The largest absolute Gasteiger partial charge is 0.326 e. The zero-order valence-electron chi connectivity index (χ0n) is 16.5. The van der Waals surface area contributed by atoms with Gasteiger partial charge in [-0.2, -0.15) is 0 Å². The molecule has 0 radical (unpaired) electrons. The van der Waals surface area contributed by atoms with Gasteiger partial charge in [0.2, 0.25) is 5.91 Å². The van der Waals surface area contributed by atoms with Crippen molar-refractivity contribution in [3.05, 3.63) is 88.0 Å². The highest BCUT2D eigenvalue weighted by atomic mass is 32.2. The average Bonchev–Trinajstić information content (AvgIpc) is 3.03. The molecule has 0 aliphatic rings. The van der Waals surface area contributed by atoms with Gasteiger partial charge < -0.3 is 5.32 Å². The number of amides is 1. The molecule has 9 heteroatoms. The van der Waals surface area contributed by atoms with E-state index >= 15 is 0 Å². The number of carbonyl (C=O) groups is 1. The van der Waals surface area contributed by atoms with E-state index in [2.05, 4.69) is 10.0 Å². The molecule has 4 rings (SSSR count). The zero-order chi connectivity index (χ0) is 22.0. The Morgan fingerprint density at radius 2 is 1.71 bits per heavy atom. The highest BCUT2D eigenvalue weighted by Gasteiger charge is 2.17. The number of aromatic nitrogens is 1. The van der Waals surface area contributed by atoms with Crippen LogP contribution in [0.4, 0.5) is 11.4 Å². The summed E-state index contributed by atoms with van der Waals surface area (Å²) in [6.07, 6.45) is 0. The molecular formula is C22H19N3O4S2. The molecule has 0 unspecified atom stereocenters. The van der Waals surface area contributed by atoms with Crippen molar-refractivity contribution < 1.29 is 13.2 Å². The van der Waals surface area contributed by atoms with Crippen molar-refractivity contribution in [2.75, 3.05) is 10.0 Å². The first-order chi connectivity index (χ1) is 14.8. The van der Waals surface area contributed by atoms with Crippen LogP contribution in [0.25, 0.3) is 10.2 Å². The van der Waals surface area contributed by atoms with E-state index < -0.39 is 10.0 Å². The molecule has 3 aromatic carbocycles. The van der Waals surface area contributed by atoms with Gasteiger partial charge in [0, 0.05) is 12.6 Å². The van der Waals surface area contributed by atoms with E-state index in [9.17, 15) is 18.0 Å². The number of anilines is 2. The fraction of sp³-hybridized carbons (Fsp3) is 0.0909. The normalized spacial score (nSPS) is 11.4. The van der Waals surface area contributed by atoms with Crippen LogP contribution in [0.15, 0.2) is 82.5 Å². The van der Waals surface area contributed by atoms with Crippen LogP contribution < -0.4 is 14.9 Å². The van der Waals surface area contributed by atoms with E-state index in [1.54, 1.807) is 28.8 Å². The molecule has 1 aromatic heterocycles. The van der Waals surface area contributed by atoms with Crippen LogP contribution in [-0.4, -0.2) is 18.9 Å². The van der Waals surface area contributed by atoms with Gasteiger partial charge in [-0.25, -0.2) is 8.42 Å². The van der Waals surface area contributed by atoms with Crippen LogP contribution in [0.1, 0.15) is 12.5 Å². The van der Waals surface area contributed by atoms with Gasteiger partial charge in [-0.1, -0.05) is 47.7 Å². The molecule has 0 aliphatic heterocycles. The molecule has 158 valence electrons. The van der Waals surface area contributed by atoms with Crippen LogP contribution in [0, 0.1) is 0 Å². The minimum atomic E-state index is -3.88. The zero-order valence-corrected chi connectivity index (χ0v) is 18.2. The molecule has 31 heavy (non-hydrogen) atoms. The number of nitrogens with zero attached hydrogens (tertiary/aromatic N) is 1. The van der Waals surface area contributed by atoms with Crippen molar-refractivity contribution in [3.63, 3.8) is 0 Å². The highest BCUT2D eigenvalue weighted by molar-refractivity contribution is 7.92. The lowest BCUT2D eigenvalue weighted by molar-refractivity contribution is -0.114. The van der Waals surface area contributed by atoms with E-state index in [0.717, 1.165) is 16.9 Å². The quantitative estimate of drug-likeness (QED) is 0.463. The Labute approximate surface area is 183 Å². The van der Waals surface area contributed by atoms with Gasteiger partial charge in [-0.05, 0) is 42.0 Å². The predicted octanol–water partition coefficient (Wildman–Crippen LogP) is 3.87. The molecule has 2 N–H and O–H groups in total. The lowest BCUT2D eigenvalue weighted by Crippen LogP contribution is -2.14. The number of sulfonamides is 1. The summed E-state index contributed by atoms with van der Waals surface area (Å²) in [6, 6.07) is 20.7. The SMILES string of the molecule is CC(=O)Nc1cccc(NS(=O)(=O)c2ccc3c(c2)sc(=O)n3Cc2ccccc2)c1. The Balaban J connectivity index is 1.64. The van der Waals surface area contributed by atoms with Crippen LogP contribution >= 0.6 is 11.3 Å². The van der Waals surface area contributed by atoms with Crippen LogP contribution in [0.2, 0.25) is 0 Å². The summed E-state index contributed by atoms with van der Waals surface area (Å²) >= 11 is 1.01. The molecule has 0 saturated carbocycles. The number of benzene rings is 3. The number of thiazole rings is 1. The summed E-state index contributed by atoms with van der Waals surface area (Å²) in [6.45, 7) is 1.79. The van der Waals surface area contributed by atoms with Crippen LogP contribution in [0.3, 0.4) is 0 Å². The predicted molar refractivity (Wildman–Crippen MR) is 123 cm³/mol. The van der Waals surface area contributed by atoms with Crippen molar-refractivity contribution in [1.82, 2.24) is 4.57 Å². The van der Waals surface area contributed by atoms with Crippen LogP contribution in [0.5, 0.6) is 0 Å². The molecule has 0 spiro atoms. The first-order valence-corrected chi connectivity index (χ1v) is 11.7. The number of carbonyl (C=O) groups excluding carboxylic acids is 1. The number of rotatable bonds is 6. The summed E-state index contributed by atoms with van der Waals surface area (Å²) in [5.74, 6) is -0.250. The molecule has 1 heterocycles. The molecule has 1 amide bonds. The Bertz CT molecular complexity index is 1420. The minimum Gasteiger partial charge on any atom is -0.326 e. The molecule has 0 atom stereocenters. The van der Waals surface area contributed by atoms with E-state index in [0.29, 0.717) is 28.1 Å². The average molecular weight is 454 g/mol. The minimum absolute atomic E-state index is 0.0537. The lowest BCUT2D eigenvalue weighted by Gasteiger charge is -2.10. The number of nitrogens with one attached hydrogen (secondary N) is 2. The highest BCUT2D eigenvalue weighted by Crippen LogP contribution is 2.25. The van der Waals surface area contributed by atoms with Crippen molar-refractivity contribution in [2.24, 2.45) is 0 Å². The molecule has 0 aliphatic carbocycles. The number of hydrogen-bond acceptors (Lipinski definition) is 5. The summed E-state index contributed by atoms with van der Waals surface area (Å²) in [5, 5.41) is 2.61.